The number of carbonyl (C=O) groups is 1. The molecule has 0 bridgehead atoms. The normalized spacial score (nSPS) is 20.3. The van der Waals surface area contributed by atoms with Gasteiger partial charge in [-0.1, -0.05) is 18.2 Å². The first kappa shape index (κ1) is 16.4. The minimum absolute atomic E-state index is 0.0329. The molecule has 1 unspecified atom stereocenters. The van der Waals surface area contributed by atoms with Crippen LogP contribution in [0.25, 0.3) is 10.9 Å². The van der Waals surface area contributed by atoms with Crippen molar-refractivity contribution in [3.8, 4) is 0 Å². The average Bonchev–Trinajstić information content (AvgIpc) is 2.64. The number of para-hydroxylation sites is 1. The maximum Gasteiger partial charge on any atom is 0.287 e. The molecule has 3 N–H and O–H groups in total. The SMILES string of the molecule is O=C(NC(c1ccccn1)C1CC(O)C1)c1nc2ccccc2c(=O)[nH]1. The molecule has 0 spiro atoms. The Morgan fingerprint density at radius 2 is 1.96 bits per heavy atom. The summed E-state index contributed by atoms with van der Waals surface area (Å²) in [4.78, 5) is 36.0. The Hall–Kier alpha value is -3.06. The summed E-state index contributed by atoms with van der Waals surface area (Å²) in [6, 6.07) is 12.0. The van der Waals surface area contributed by atoms with Crippen LogP contribution in [-0.2, 0) is 0 Å². The van der Waals surface area contributed by atoms with Gasteiger partial charge in [-0.05, 0) is 43.0 Å². The quantitative estimate of drug-likeness (QED) is 0.662. The number of aromatic nitrogens is 3. The van der Waals surface area contributed by atoms with Crippen LogP contribution in [-0.4, -0.2) is 32.1 Å². The van der Waals surface area contributed by atoms with Gasteiger partial charge in [0.15, 0.2) is 5.82 Å². The van der Waals surface area contributed by atoms with E-state index in [9.17, 15) is 14.7 Å². The number of carbonyl (C=O) groups excluding carboxylic acids is 1. The van der Waals surface area contributed by atoms with E-state index in [1.54, 1.807) is 36.5 Å². The fraction of sp³-hybridized carbons (Fsp3) is 0.263. The summed E-state index contributed by atoms with van der Waals surface area (Å²) in [7, 11) is 0. The molecule has 132 valence electrons. The van der Waals surface area contributed by atoms with Crippen LogP contribution in [0.1, 0.15) is 35.2 Å². The third-order valence-corrected chi connectivity index (χ3v) is 4.74. The number of H-pyrrole nitrogens is 1. The van der Waals surface area contributed by atoms with Crippen LogP contribution in [0.4, 0.5) is 0 Å². The van der Waals surface area contributed by atoms with Crippen molar-refractivity contribution in [2.24, 2.45) is 5.92 Å². The molecule has 4 rings (SSSR count). The number of aliphatic hydroxyl groups excluding tert-OH is 1. The highest BCUT2D eigenvalue weighted by molar-refractivity contribution is 5.92. The molecule has 1 aromatic carbocycles. The van der Waals surface area contributed by atoms with Gasteiger partial charge < -0.3 is 15.4 Å². The minimum atomic E-state index is -0.468. The first-order chi connectivity index (χ1) is 12.6. The molecule has 3 aromatic rings. The molecular weight excluding hydrogens is 332 g/mol. The molecule has 2 heterocycles. The zero-order valence-electron chi connectivity index (χ0n) is 13.9. The molecule has 1 saturated carbocycles. The molecule has 0 aliphatic heterocycles. The van der Waals surface area contributed by atoms with Gasteiger partial charge in [-0.25, -0.2) is 4.98 Å². The maximum atomic E-state index is 12.7. The van der Waals surface area contributed by atoms with Crippen molar-refractivity contribution < 1.29 is 9.90 Å². The Morgan fingerprint density at radius 3 is 2.69 bits per heavy atom. The number of aromatic amines is 1. The fourth-order valence-electron chi connectivity index (χ4n) is 3.30. The van der Waals surface area contributed by atoms with Crippen LogP contribution >= 0.6 is 0 Å². The number of amides is 1. The van der Waals surface area contributed by atoms with Gasteiger partial charge in [0.2, 0.25) is 0 Å². The molecule has 1 fully saturated rings. The number of fused-ring (bicyclic) bond motifs is 1. The van der Waals surface area contributed by atoms with Gasteiger partial charge in [0.25, 0.3) is 11.5 Å². The zero-order valence-corrected chi connectivity index (χ0v) is 13.9. The van der Waals surface area contributed by atoms with Crippen LogP contribution < -0.4 is 10.9 Å². The Morgan fingerprint density at radius 1 is 1.19 bits per heavy atom. The summed E-state index contributed by atoms with van der Waals surface area (Å²) in [5.41, 5.74) is 0.838. The van der Waals surface area contributed by atoms with Crippen molar-refractivity contribution in [2.75, 3.05) is 0 Å². The lowest BCUT2D eigenvalue weighted by Gasteiger charge is -2.37. The summed E-state index contributed by atoms with van der Waals surface area (Å²) >= 11 is 0. The molecule has 26 heavy (non-hydrogen) atoms. The lowest BCUT2D eigenvalue weighted by Crippen LogP contribution is -2.42. The third-order valence-electron chi connectivity index (χ3n) is 4.74. The van der Waals surface area contributed by atoms with E-state index in [0.717, 1.165) is 5.69 Å². The molecule has 1 aliphatic rings. The van der Waals surface area contributed by atoms with Gasteiger partial charge in [0.1, 0.15) is 0 Å². The average molecular weight is 350 g/mol. The summed E-state index contributed by atoms with van der Waals surface area (Å²) in [5.74, 6) is -0.407. The topological polar surface area (TPSA) is 108 Å². The molecule has 1 aliphatic carbocycles. The van der Waals surface area contributed by atoms with Gasteiger partial charge in [-0.2, -0.15) is 0 Å². The van der Waals surface area contributed by atoms with E-state index in [1.807, 2.05) is 12.1 Å². The number of nitrogens with one attached hydrogen (secondary N) is 2. The number of hydrogen-bond donors (Lipinski definition) is 3. The lowest BCUT2D eigenvalue weighted by atomic mass is 9.76. The first-order valence-electron chi connectivity index (χ1n) is 8.51. The summed E-state index contributed by atoms with van der Waals surface area (Å²) in [5, 5.41) is 13.0. The minimum Gasteiger partial charge on any atom is -0.393 e. The van der Waals surface area contributed by atoms with Gasteiger partial charge in [-0.3, -0.25) is 14.6 Å². The number of nitrogens with zero attached hydrogens (tertiary/aromatic N) is 2. The molecular formula is C19H18N4O3. The van der Waals surface area contributed by atoms with Crippen molar-refractivity contribution in [3.05, 3.63) is 70.5 Å². The summed E-state index contributed by atoms with van der Waals surface area (Å²) in [6.07, 6.45) is 2.52. The maximum absolute atomic E-state index is 12.7. The van der Waals surface area contributed by atoms with Crippen LogP contribution in [0, 0.1) is 5.92 Å². The van der Waals surface area contributed by atoms with Crippen molar-refractivity contribution in [1.29, 1.82) is 0 Å². The van der Waals surface area contributed by atoms with Crippen molar-refractivity contribution in [2.45, 2.75) is 25.0 Å². The Kier molecular flexibility index (Phi) is 4.22. The standard InChI is InChI=1S/C19H18N4O3/c24-12-9-11(10-12)16(15-7-3-4-8-20-15)22-19(26)17-21-14-6-2-1-5-13(14)18(25)23-17/h1-8,11-12,16,24H,9-10H2,(H,22,26)(H,21,23,25). The monoisotopic (exact) mass is 350 g/mol. The Balaban J connectivity index is 1.63. The highest BCUT2D eigenvalue weighted by Crippen LogP contribution is 2.37. The molecule has 7 nitrogen and oxygen atoms in total. The van der Waals surface area contributed by atoms with E-state index in [-0.39, 0.29) is 29.4 Å². The van der Waals surface area contributed by atoms with Gasteiger partial charge >= 0.3 is 0 Å². The number of aliphatic hydroxyl groups is 1. The van der Waals surface area contributed by atoms with Crippen molar-refractivity contribution in [1.82, 2.24) is 20.3 Å². The predicted octanol–water partition coefficient (Wildman–Crippen LogP) is 1.56. The molecule has 1 amide bonds. The molecule has 0 saturated heterocycles. The number of rotatable bonds is 4. The van der Waals surface area contributed by atoms with Crippen molar-refractivity contribution >= 4 is 16.8 Å². The molecule has 2 aromatic heterocycles. The Labute approximate surface area is 149 Å². The third kappa shape index (κ3) is 3.09. The van der Waals surface area contributed by atoms with Crippen LogP contribution in [0.5, 0.6) is 0 Å². The van der Waals surface area contributed by atoms with Gasteiger partial charge in [0, 0.05) is 6.20 Å². The number of pyridine rings is 1. The predicted molar refractivity (Wildman–Crippen MR) is 95.5 cm³/mol. The highest BCUT2D eigenvalue weighted by Gasteiger charge is 2.36. The van der Waals surface area contributed by atoms with Crippen LogP contribution in [0.2, 0.25) is 0 Å². The first-order valence-corrected chi connectivity index (χ1v) is 8.51. The van der Waals surface area contributed by atoms with Crippen molar-refractivity contribution in [3.63, 3.8) is 0 Å². The largest absolute Gasteiger partial charge is 0.393 e. The molecule has 1 atom stereocenters. The summed E-state index contributed by atoms with van der Waals surface area (Å²) < 4.78 is 0. The summed E-state index contributed by atoms with van der Waals surface area (Å²) in [6.45, 7) is 0. The fourth-order valence-corrected chi connectivity index (χ4v) is 3.30. The van der Waals surface area contributed by atoms with Crippen LogP contribution in [0.15, 0.2) is 53.5 Å². The number of hydrogen-bond acceptors (Lipinski definition) is 5. The molecule has 0 radical (unpaired) electrons. The van der Waals surface area contributed by atoms with E-state index < -0.39 is 5.91 Å². The lowest BCUT2D eigenvalue weighted by molar-refractivity contribution is 0.0227. The number of benzene rings is 1. The van der Waals surface area contributed by atoms with Crippen LogP contribution in [0.3, 0.4) is 0 Å². The van der Waals surface area contributed by atoms with Gasteiger partial charge in [-0.15, -0.1) is 0 Å². The Bertz CT molecular complexity index is 996. The highest BCUT2D eigenvalue weighted by atomic mass is 16.3. The van der Waals surface area contributed by atoms with E-state index in [0.29, 0.717) is 23.7 Å². The zero-order chi connectivity index (χ0) is 18.1. The molecule has 7 heteroatoms. The second-order valence-corrected chi connectivity index (χ2v) is 6.52. The second-order valence-electron chi connectivity index (χ2n) is 6.52. The van der Waals surface area contributed by atoms with E-state index >= 15 is 0 Å². The smallest absolute Gasteiger partial charge is 0.287 e. The van der Waals surface area contributed by atoms with E-state index in [1.165, 1.54) is 0 Å². The van der Waals surface area contributed by atoms with Gasteiger partial charge in [0.05, 0.1) is 28.7 Å². The van der Waals surface area contributed by atoms with E-state index in [2.05, 4.69) is 20.3 Å². The van der Waals surface area contributed by atoms with E-state index in [4.69, 9.17) is 0 Å². The second kappa shape index (κ2) is 6.68.